The topological polar surface area (TPSA) is 131 Å². The van der Waals surface area contributed by atoms with Crippen LogP contribution in [0.5, 0.6) is 0 Å². The highest BCUT2D eigenvalue weighted by molar-refractivity contribution is 7.99. The quantitative estimate of drug-likeness (QED) is 0.0935. The molecule has 3 fully saturated rings. The SMILES string of the molecule is CC1(C)CCC(c2ccc(Cl)cc2)=C(CN2CCN(c3ccc(C(=O)NS(=O)(=O)c4ccc(N[C@H](CCN5C[C@H]6C[C@@H]5CN6)CSc5ccccc5)c(S(=O)(=O)C(F)(F)F)c4)cc3)CC2)C1. The van der Waals surface area contributed by atoms with Crippen molar-refractivity contribution in [3.8, 4) is 0 Å². The van der Waals surface area contributed by atoms with Crippen molar-refractivity contribution < 1.29 is 34.8 Å². The number of hydrogen-bond acceptors (Lipinski definition) is 11. The summed E-state index contributed by atoms with van der Waals surface area (Å²) in [6, 6.07) is 26.7. The monoisotopic (exact) mass is 984 g/mol. The van der Waals surface area contributed by atoms with Gasteiger partial charge in [0.15, 0.2) is 0 Å². The van der Waals surface area contributed by atoms with Gasteiger partial charge in [-0.05, 0) is 115 Å². The molecule has 1 aliphatic carbocycles. The molecule has 4 aliphatic rings. The molecule has 66 heavy (non-hydrogen) atoms. The molecule has 0 spiro atoms. The minimum absolute atomic E-state index is 0.00438. The third-order valence-electron chi connectivity index (χ3n) is 13.2. The minimum Gasteiger partial charge on any atom is -0.380 e. The van der Waals surface area contributed by atoms with E-state index < -0.39 is 47.1 Å². The van der Waals surface area contributed by atoms with Crippen LogP contribution in [0.2, 0.25) is 5.02 Å². The number of rotatable bonds is 16. The van der Waals surface area contributed by atoms with Crippen LogP contribution < -0.4 is 20.3 Å². The highest BCUT2D eigenvalue weighted by Crippen LogP contribution is 2.43. The molecule has 0 unspecified atom stereocenters. The number of thioether (sulfide) groups is 1. The van der Waals surface area contributed by atoms with Gasteiger partial charge in [-0.15, -0.1) is 11.8 Å². The summed E-state index contributed by atoms with van der Waals surface area (Å²) in [5.41, 5.74) is -0.967. The zero-order valence-electron chi connectivity index (χ0n) is 37.0. The van der Waals surface area contributed by atoms with Gasteiger partial charge in [0.25, 0.3) is 25.8 Å². The summed E-state index contributed by atoms with van der Waals surface area (Å²) in [6.45, 7) is 11.0. The Labute approximate surface area is 395 Å². The Kier molecular flexibility index (Phi) is 14.5. The number of likely N-dealkylation sites (tertiary alicyclic amines) is 1. The van der Waals surface area contributed by atoms with E-state index in [-0.39, 0.29) is 16.7 Å². The number of fused-ring (bicyclic) bond motifs is 2. The summed E-state index contributed by atoms with van der Waals surface area (Å²) in [7, 11) is -10.9. The summed E-state index contributed by atoms with van der Waals surface area (Å²) >= 11 is 7.67. The number of alkyl halides is 3. The highest BCUT2D eigenvalue weighted by atomic mass is 35.5. The van der Waals surface area contributed by atoms with Crippen LogP contribution in [0.25, 0.3) is 5.57 Å². The largest absolute Gasteiger partial charge is 0.501 e. The molecule has 0 saturated carbocycles. The molecule has 18 heteroatoms. The van der Waals surface area contributed by atoms with Gasteiger partial charge in [-0.25, -0.2) is 21.6 Å². The van der Waals surface area contributed by atoms with E-state index in [1.807, 2.05) is 47.2 Å². The van der Waals surface area contributed by atoms with Gasteiger partial charge in [0.1, 0.15) is 4.90 Å². The van der Waals surface area contributed by atoms with Gasteiger partial charge in [0.2, 0.25) is 0 Å². The normalized spacial score (nSPS) is 21.0. The first-order chi connectivity index (χ1) is 31.3. The Balaban J connectivity index is 0.931. The molecule has 0 aromatic heterocycles. The van der Waals surface area contributed by atoms with Crippen LogP contribution >= 0.6 is 23.4 Å². The number of nitrogens with zero attached hydrogens (tertiary/aromatic N) is 3. The van der Waals surface area contributed by atoms with E-state index in [0.717, 1.165) is 94.2 Å². The van der Waals surface area contributed by atoms with Gasteiger partial charge in [-0.3, -0.25) is 14.6 Å². The summed E-state index contributed by atoms with van der Waals surface area (Å²) in [4.78, 5) is 19.3. The van der Waals surface area contributed by atoms with Crippen LogP contribution in [0.15, 0.2) is 117 Å². The standard InChI is InChI=1S/C48H56ClF3N6O5S3/c1-47(2)20-18-43(33-8-12-36(49)13-9-33)35(28-47)30-56-22-24-57(25-23-56)39-14-10-34(11-15-39)46(59)55-66(62,63)42-16-17-44(45(27-42)65(60,61)48(50,51)52)54-37(32-64-41-6-4-3-5-7-41)19-21-58-31-38-26-40(58)29-53-38/h3-17,27,37-38,40,53-54H,18-26,28-32H2,1-2H3,(H,55,59)/t37-,38-,40-/m1/s1. The molecule has 3 aliphatic heterocycles. The molecule has 3 atom stereocenters. The van der Waals surface area contributed by atoms with Crippen molar-refractivity contribution in [2.24, 2.45) is 5.41 Å². The van der Waals surface area contributed by atoms with Crippen LogP contribution in [-0.4, -0.2) is 114 Å². The Hall–Kier alpha value is -4.10. The molecule has 4 aromatic rings. The van der Waals surface area contributed by atoms with Crippen LogP contribution in [-0.2, 0) is 19.9 Å². The van der Waals surface area contributed by atoms with E-state index in [4.69, 9.17) is 11.6 Å². The molecule has 354 valence electrons. The third kappa shape index (κ3) is 11.4. The molecular weight excluding hydrogens is 929 g/mol. The lowest BCUT2D eigenvalue weighted by Gasteiger charge is -2.39. The van der Waals surface area contributed by atoms with Crippen molar-refractivity contribution in [2.75, 3.05) is 68.3 Å². The number of carbonyl (C=O) groups excluding carboxylic acids is 1. The molecule has 8 rings (SSSR count). The number of carbonyl (C=O) groups is 1. The highest BCUT2D eigenvalue weighted by Gasteiger charge is 2.48. The number of allylic oxidation sites excluding steroid dienone is 1. The molecule has 0 radical (unpaired) electrons. The Morgan fingerprint density at radius 1 is 0.939 bits per heavy atom. The number of nitrogens with one attached hydrogen (secondary N) is 3. The maximum atomic E-state index is 14.2. The van der Waals surface area contributed by atoms with E-state index >= 15 is 0 Å². The lowest BCUT2D eigenvalue weighted by molar-refractivity contribution is -0.0435. The summed E-state index contributed by atoms with van der Waals surface area (Å²) in [6.07, 6.45) is 4.67. The maximum absolute atomic E-state index is 14.2. The molecule has 2 bridgehead atoms. The van der Waals surface area contributed by atoms with E-state index in [9.17, 15) is 34.8 Å². The minimum atomic E-state index is -6.05. The lowest BCUT2D eigenvalue weighted by Crippen LogP contribution is -2.47. The van der Waals surface area contributed by atoms with Crippen molar-refractivity contribution in [3.63, 3.8) is 0 Å². The van der Waals surface area contributed by atoms with Crippen molar-refractivity contribution in [2.45, 2.75) is 84.3 Å². The van der Waals surface area contributed by atoms with Gasteiger partial charge >= 0.3 is 5.51 Å². The summed E-state index contributed by atoms with van der Waals surface area (Å²) < 4.78 is 98.1. The first kappa shape index (κ1) is 48.4. The smallest absolute Gasteiger partial charge is 0.380 e. The zero-order chi connectivity index (χ0) is 46.9. The van der Waals surface area contributed by atoms with Crippen molar-refractivity contribution in [3.05, 3.63) is 119 Å². The molecule has 4 aromatic carbocycles. The Morgan fingerprint density at radius 2 is 1.65 bits per heavy atom. The fraction of sp³-hybridized carbons (Fsp3) is 0.438. The number of benzene rings is 4. The van der Waals surface area contributed by atoms with E-state index in [0.29, 0.717) is 41.9 Å². The number of hydrogen-bond donors (Lipinski definition) is 3. The second kappa shape index (κ2) is 19.9. The van der Waals surface area contributed by atoms with Crippen molar-refractivity contribution in [1.82, 2.24) is 19.8 Å². The first-order valence-electron chi connectivity index (χ1n) is 22.3. The number of piperazine rings is 2. The Morgan fingerprint density at radius 3 is 2.30 bits per heavy atom. The van der Waals surface area contributed by atoms with Gasteiger partial charge < -0.3 is 15.5 Å². The van der Waals surface area contributed by atoms with Crippen molar-refractivity contribution >= 4 is 66.1 Å². The lowest BCUT2D eigenvalue weighted by atomic mass is 9.73. The second-order valence-corrected chi connectivity index (χ2v) is 23.6. The van der Waals surface area contributed by atoms with Crippen LogP contribution in [0.3, 0.4) is 0 Å². The number of anilines is 2. The number of sulfonamides is 1. The summed E-state index contributed by atoms with van der Waals surface area (Å²) in [5.74, 6) is -0.623. The average Bonchev–Trinajstić information content (AvgIpc) is 3.92. The molecule has 11 nitrogen and oxygen atoms in total. The molecular formula is C48H56ClF3N6O5S3. The van der Waals surface area contributed by atoms with Crippen LogP contribution in [0.1, 0.15) is 61.9 Å². The molecule has 3 heterocycles. The van der Waals surface area contributed by atoms with E-state index in [2.05, 4.69) is 51.3 Å². The predicted molar refractivity (Wildman–Crippen MR) is 256 cm³/mol. The number of halogens is 4. The third-order valence-corrected chi connectivity index (χ3v) is 17.5. The number of amides is 1. The molecule has 1 amide bonds. The average molecular weight is 986 g/mol. The fourth-order valence-electron chi connectivity index (χ4n) is 9.57. The Bertz CT molecular complexity index is 2630. The van der Waals surface area contributed by atoms with E-state index in [1.54, 1.807) is 12.1 Å². The second-order valence-electron chi connectivity index (χ2n) is 18.5. The molecule has 3 saturated heterocycles. The summed E-state index contributed by atoms with van der Waals surface area (Å²) in [5, 5.41) is 7.21. The van der Waals surface area contributed by atoms with Gasteiger partial charge in [-0.1, -0.05) is 61.4 Å². The van der Waals surface area contributed by atoms with Gasteiger partial charge in [0, 0.05) is 97.4 Å². The maximum Gasteiger partial charge on any atom is 0.501 e. The van der Waals surface area contributed by atoms with Crippen LogP contribution in [0, 0.1) is 5.41 Å². The number of sulfone groups is 1. The van der Waals surface area contributed by atoms with Gasteiger partial charge in [0.05, 0.1) is 10.6 Å². The first-order valence-corrected chi connectivity index (χ1v) is 26.7. The van der Waals surface area contributed by atoms with Crippen LogP contribution in [0.4, 0.5) is 24.5 Å². The van der Waals surface area contributed by atoms with Crippen molar-refractivity contribution in [1.29, 1.82) is 0 Å². The fourth-order valence-corrected chi connectivity index (χ4v) is 12.7. The molecule has 3 N–H and O–H groups in total. The van der Waals surface area contributed by atoms with E-state index in [1.165, 1.54) is 40.6 Å². The van der Waals surface area contributed by atoms with Gasteiger partial charge in [-0.2, -0.15) is 13.2 Å². The zero-order valence-corrected chi connectivity index (χ0v) is 40.2. The predicted octanol–water partition coefficient (Wildman–Crippen LogP) is 8.55.